The minimum atomic E-state index is -0.736. The lowest BCUT2D eigenvalue weighted by atomic mass is 9.83. The van der Waals surface area contributed by atoms with E-state index in [-0.39, 0.29) is 11.8 Å². The van der Waals surface area contributed by atoms with Crippen LogP contribution in [0.15, 0.2) is 54.6 Å². The van der Waals surface area contributed by atoms with E-state index < -0.39 is 5.41 Å². The van der Waals surface area contributed by atoms with Crippen LogP contribution in [-0.4, -0.2) is 24.9 Å². The van der Waals surface area contributed by atoms with Gasteiger partial charge < -0.3 is 10.6 Å². The molecule has 2 N–H and O–H groups in total. The Balaban J connectivity index is 1.79. The van der Waals surface area contributed by atoms with Crippen molar-refractivity contribution in [1.29, 1.82) is 5.26 Å². The van der Waals surface area contributed by atoms with Crippen molar-refractivity contribution in [3.05, 3.63) is 71.3 Å². The van der Waals surface area contributed by atoms with Crippen LogP contribution < -0.4 is 10.6 Å². The summed E-state index contributed by atoms with van der Waals surface area (Å²) >= 11 is 0. The fraction of sp³-hybridized carbons (Fsp3) is 0.286. The first-order valence-electron chi connectivity index (χ1n) is 8.57. The zero-order valence-corrected chi connectivity index (χ0v) is 15.1. The Morgan fingerprint density at radius 1 is 1.00 bits per heavy atom. The number of carbonyl (C=O) groups is 2. The molecule has 0 fully saturated rings. The molecule has 0 radical (unpaired) electrons. The molecule has 26 heavy (non-hydrogen) atoms. The number of hydrogen-bond donors (Lipinski definition) is 2. The van der Waals surface area contributed by atoms with Crippen LogP contribution in [0.4, 0.5) is 0 Å². The molecule has 0 heterocycles. The molecular weight excluding hydrogens is 326 g/mol. The quantitative estimate of drug-likeness (QED) is 0.754. The summed E-state index contributed by atoms with van der Waals surface area (Å²) in [7, 11) is 0. The van der Waals surface area contributed by atoms with Crippen LogP contribution in [-0.2, 0) is 10.2 Å². The molecule has 5 nitrogen and oxygen atoms in total. The Hall–Kier alpha value is -3.13. The second kappa shape index (κ2) is 8.82. The van der Waals surface area contributed by atoms with Crippen molar-refractivity contribution in [1.82, 2.24) is 10.6 Å². The Labute approximate surface area is 154 Å². The van der Waals surface area contributed by atoms with Gasteiger partial charge >= 0.3 is 0 Å². The van der Waals surface area contributed by atoms with Gasteiger partial charge in [-0.25, -0.2) is 0 Å². The van der Waals surface area contributed by atoms with E-state index in [0.29, 0.717) is 30.6 Å². The SMILES string of the molecule is CC(C)(C(=O)NCCCNC(=O)c1ccccc1)c1cccc(C#N)c1. The molecule has 0 aliphatic heterocycles. The van der Waals surface area contributed by atoms with Gasteiger partial charge in [0.2, 0.25) is 5.91 Å². The third-order valence-electron chi connectivity index (χ3n) is 4.24. The van der Waals surface area contributed by atoms with Crippen LogP contribution in [0.3, 0.4) is 0 Å². The van der Waals surface area contributed by atoms with Gasteiger partial charge in [-0.2, -0.15) is 5.26 Å². The Morgan fingerprint density at radius 3 is 2.38 bits per heavy atom. The smallest absolute Gasteiger partial charge is 0.251 e. The first-order chi connectivity index (χ1) is 12.4. The molecule has 2 aromatic carbocycles. The zero-order chi connectivity index (χ0) is 19.0. The molecule has 0 aliphatic rings. The van der Waals surface area contributed by atoms with Crippen molar-refractivity contribution in [2.75, 3.05) is 13.1 Å². The Bertz CT molecular complexity index is 808. The number of nitrogens with one attached hydrogen (secondary N) is 2. The van der Waals surface area contributed by atoms with Gasteiger partial charge in [0.25, 0.3) is 5.91 Å². The van der Waals surface area contributed by atoms with Gasteiger partial charge in [-0.15, -0.1) is 0 Å². The van der Waals surface area contributed by atoms with Crippen LogP contribution in [0.2, 0.25) is 0 Å². The van der Waals surface area contributed by atoms with Gasteiger partial charge in [0.15, 0.2) is 0 Å². The number of rotatable bonds is 7. The highest BCUT2D eigenvalue weighted by Gasteiger charge is 2.29. The lowest BCUT2D eigenvalue weighted by Gasteiger charge is -2.24. The molecule has 2 amide bonds. The Morgan fingerprint density at radius 2 is 1.69 bits per heavy atom. The van der Waals surface area contributed by atoms with Gasteiger partial charge in [0.1, 0.15) is 0 Å². The topological polar surface area (TPSA) is 82.0 Å². The van der Waals surface area contributed by atoms with Crippen LogP contribution >= 0.6 is 0 Å². The van der Waals surface area contributed by atoms with Crippen molar-refractivity contribution >= 4 is 11.8 Å². The lowest BCUT2D eigenvalue weighted by Crippen LogP contribution is -2.41. The maximum Gasteiger partial charge on any atom is 0.251 e. The molecule has 0 bridgehead atoms. The first kappa shape index (κ1) is 19.2. The molecule has 2 rings (SSSR count). The van der Waals surface area contributed by atoms with E-state index in [4.69, 9.17) is 5.26 Å². The summed E-state index contributed by atoms with van der Waals surface area (Å²) in [6.07, 6.45) is 0.638. The molecule has 2 aromatic rings. The fourth-order valence-electron chi connectivity index (χ4n) is 2.51. The summed E-state index contributed by atoms with van der Waals surface area (Å²) in [4.78, 5) is 24.4. The van der Waals surface area contributed by atoms with Gasteiger partial charge in [0, 0.05) is 18.7 Å². The zero-order valence-electron chi connectivity index (χ0n) is 15.1. The number of nitrogens with zero attached hydrogens (tertiary/aromatic N) is 1. The monoisotopic (exact) mass is 349 g/mol. The lowest BCUT2D eigenvalue weighted by molar-refractivity contribution is -0.125. The van der Waals surface area contributed by atoms with E-state index in [0.717, 1.165) is 5.56 Å². The van der Waals surface area contributed by atoms with Crippen molar-refractivity contribution in [2.45, 2.75) is 25.7 Å². The van der Waals surface area contributed by atoms with Crippen molar-refractivity contribution in [2.24, 2.45) is 0 Å². The highest BCUT2D eigenvalue weighted by molar-refractivity contribution is 5.94. The molecule has 0 saturated heterocycles. The predicted molar refractivity (Wildman–Crippen MR) is 101 cm³/mol. The molecule has 134 valence electrons. The molecule has 0 saturated carbocycles. The molecular formula is C21H23N3O2. The molecule has 5 heteroatoms. The summed E-state index contributed by atoms with van der Waals surface area (Å²) in [5.74, 6) is -0.229. The van der Waals surface area contributed by atoms with Crippen LogP contribution in [0.25, 0.3) is 0 Å². The number of benzene rings is 2. The van der Waals surface area contributed by atoms with Gasteiger partial charge in [0.05, 0.1) is 17.0 Å². The second-order valence-corrected chi connectivity index (χ2v) is 6.55. The van der Waals surface area contributed by atoms with E-state index in [1.54, 1.807) is 30.3 Å². The molecule has 0 spiro atoms. The van der Waals surface area contributed by atoms with E-state index in [1.165, 1.54) is 0 Å². The highest BCUT2D eigenvalue weighted by Crippen LogP contribution is 2.24. The van der Waals surface area contributed by atoms with Crippen molar-refractivity contribution < 1.29 is 9.59 Å². The standard InChI is InChI=1S/C21H23N3O2/c1-21(2,18-11-6-8-16(14-18)15-22)20(26)24-13-7-12-23-19(25)17-9-4-3-5-10-17/h3-6,8-11,14H,7,12-13H2,1-2H3,(H,23,25)(H,24,26). The van der Waals surface area contributed by atoms with Gasteiger partial charge in [-0.3, -0.25) is 9.59 Å². The average molecular weight is 349 g/mol. The largest absolute Gasteiger partial charge is 0.355 e. The molecule has 0 atom stereocenters. The summed E-state index contributed by atoms with van der Waals surface area (Å²) in [6, 6.07) is 18.2. The van der Waals surface area contributed by atoms with E-state index in [9.17, 15) is 9.59 Å². The molecule has 0 aromatic heterocycles. The van der Waals surface area contributed by atoms with Crippen molar-refractivity contribution in [3.63, 3.8) is 0 Å². The van der Waals surface area contributed by atoms with Crippen LogP contribution in [0, 0.1) is 11.3 Å². The highest BCUT2D eigenvalue weighted by atomic mass is 16.2. The van der Waals surface area contributed by atoms with Crippen molar-refractivity contribution in [3.8, 4) is 6.07 Å². The number of carbonyl (C=O) groups excluding carboxylic acids is 2. The normalized spacial score (nSPS) is 10.7. The third kappa shape index (κ3) is 4.93. The maximum absolute atomic E-state index is 12.5. The summed E-state index contributed by atoms with van der Waals surface area (Å²) < 4.78 is 0. The first-order valence-corrected chi connectivity index (χ1v) is 8.57. The fourth-order valence-corrected chi connectivity index (χ4v) is 2.51. The molecule has 0 aliphatic carbocycles. The van der Waals surface area contributed by atoms with Crippen LogP contribution in [0.1, 0.15) is 41.8 Å². The van der Waals surface area contributed by atoms with Gasteiger partial charge in [-0.1, -0.05) is 30.3 Å². The number of nitriles is 1. The average Bonchev–Trinajstić information content (AvgIpc) is 2.68. The Kier molecular flexibility index (Phi) is 6.51. The van der Waals surface area contributed by atoms with E-state index >= 15 is 0 Å². The molecule has 0 unspecified atom stereocenters. The number of amides is 2. The van der Waals surface area contributed by atoms with Crippen LogP contribution in [0.5, 0.6) is 0 Å². The summed E-state index contributed by atoms with van der Waals surface area (Å²) in [5.41, 5.74) is 1.22. The minimum absolute atomic E-state index is 0.109. The summed E-state index contributed by atoms with van der Waals surface area (Å²) in [6.45, 7) is 4.61. The maximum atomic E-state index is 12.5. The predicted octanol–water partition coefficient (Wildman–Crippen LogP) is 2.77. The van der Waals surface area contributed by atoms with Gasteiger partial charge in [-0.05, 0) is 50.1 Å². The third-order valence-corrected chi connectivity index (χ3v) is 4.24. The number of hydrogen-bond acceptors (Lipinski definition) is 3. The van der Waals surface area contributed by atoms with E-state index in [2.05, 4.69) is 16.7 Å². The minimum Gasteiger partial charge on any atom is -0.355 e. The summed E-state index contributed by atoms with van der Waals surface area (Å²) in [5, 5.41) is 14.7. The second-order valence-electron chi connectivity index (χ2n) is 6.55. The van der Waals surface area contributed by atoms with E-state index in [1.807, 2.05) is 38.1 Å².